The van der Waals surface area contributed by atoms with E-state index < -0.39 is 5.54 Å². The Morgan fingerprint density at radius 3 is 2.81 bits per heavy atom. The molecule has 1 aromatic rings. The van der Waals surface area contributed by atoms with E-state index in [1.54, 1.807) is 13.0 Å². The number of aliphatic hydroxyl groups is 1. The summed E-state index contributed by atoms with van der Waals surface area (Å²) in [5.74, 6) is 0.333. The zero-order valence-corrected chi connectivity index (χ0v) is 9.91. The summed E-state index contributed by atoms with van der Waals surface area (Å²) in [6, 6.07) is 1.59. The molecule has 1 heterocycles. The standard InChI is InChI=1S/C11H18N2O3/c1-4-11(3,5-6-14)12-10(15)9-7-8(2)16-13-9/h7,14H,4-6H2,1-3H3,(H,12,15)/t11-/m0/s1. The van der Waals surface area contributed by atoms with Gasteiger partial charge < -0.3 is 14.9 Å². The van der Waals surface area contributed by atoms with Gasteiger partial charge in [-0.15, -0.1) is 0 Å². The first-order valence-electron chi connectivity index (χ1n) is 5.37. The monoisotopic (exact) mass is 226 g/mol. The molecular weight excluding hydrogens is 208 g/mol. The van der Waals surface area contributed by atoms with Gasteiger partial charge in [-0.3, -0.25) is 4.79 Å². The van der Waals surface area contributed by atoms with Gasteiger partial charge in [0.2, 0.25) is 0 Å². The van der Waals surface area contributed by atoms with Crippen molar-refractivity contribution in [3.05, 3.63) is 17.5 Å². The SMILES string of the molecule is CC[C@@](C)(CCO)NC(=O)c1cc(C)on1. The molecule has 1 atom stereocenters. The average molecular weight is 226 g/mol. The van der Waals surface area contributed by atoms with Crippen molar-refractivity contribution < 1.29 is 14.4 Å². The first-order chi connectivity index (χ1) is 7.50. The first-order valence-corrected chi connectivity index (χ1v) is 5.37. The molecule has 5 heteroatoms. The molecule has 1 aromatic heterocycles. The number of aryl methyl sites for hydroxylation is 1. The Bertz CT molecular complexity index is 362. The van der Waals surface area contributed by atoms with E-state index in [-0.39, 0.29) is 18.2 Å². The minimum atomic E-state index is -0.404. The molecule has 0 aliphatic heterocycles. The molecule has 0 saturated heterocycles. The molecule has 0 fully saturated rings. The van der Waals surface area contributed by atoms with Crippen molar-refractivity contribution in [1.82, 2.24) is 10.5 Å². The third-order valence-electron chi connectivity index (χ3n) is 2.72. The van der Waals surface area contributed by atoms with Gasteiger partial charge in [-0.2, -0.15) is 0 Å². The highest BCUT2D eigenvalue weighted by Crippen LogP contribution is 2.15. The van der Waals surface area contributed by atoms with Crippen LogP contribution in [0.2, 0.25) is 0 Å². The molecule has 16 heavy (non-hydrogen) atoms. The van der Waals surface area contributed by atoms with Gasteiger partial charge in [-0.25, -0.2) is 0 Å². The Labute approximate surface area is 94.8 Å². The van der Waals surface area contributed by atoms with E-state index >= 15 is 0 Å². The molecule has 90 valence electrons. The van der Waals surface area contributed by atoms with E-state index in [9.17, 15) is 4.79 Å². The van der Waals surface area contributed by atoms with E-state index in [1.807, 2.05) is 13.8 Å². The van der Waals surface area contributed by atoms with Crippen molar-refractivity contribution in [2.45, 2.75) is 39.2 Å². The van der Waals surface area contributed by atoms with E-state index in [1.165, 1.54) is 0 Å². The Hall–Kier alpha value is -1.36. The van der Waals surface area contributed by atoms with Gasteiger partial charge in [0.1, 0.15) is 5.76 Å². The molecule has 0 bridgehead atoms. The lowest BCUT2D eigenvalue weighted by molar-refractivity contribution is 0.0877. The van der Waals surface area contributed by atoms with Crippen molar-refractivity contribution in [3.63, 3.8) is 0 Å². The fourth-order valence-corrected chi connectivity index (χ4v) is 1.39. The van der Waals surface area contributed by atoms with E-state index in [0.717, 1.165) is 6.42 Å². The van der Waals surface area contributed by atoms with Gasteiger partial charge in [0.15, 0.2) is 5.69 Å². The molecule has 0 aliphatic rings. The smallest absolute Gasteiger partial charge is 0.273 e. The molecule has 0 unspecified atom stereocenters. The average Bonchev–Trinajstić information content (AvgIpc) is 2.65. The molecule has 0 aromatic carbocycles. The summed E-state index contributed by atoms with van der Waals surface area (Å²) in [4.78, 5) is 11.8. The van der Waals surface area contributed by atoms with Crippen molar-refractivity contribution in [2.24, 2.45) is 0 Å². The fraction of sp³-hybridized carbons (Fsp3) is 0.636. The second kappa shape index (κ2) is 5.12. The van der Waals surface area contributed by atoms with E-state index in [4.69, 9.17) is 9.63 Å². The highest BCUT2D eigenvalue weighted by molar-refractivity contribution is 5.92. The Morgan fingerprint density at radius 2 is 2.38 bits per heavy atom. The Balaban J connectivity index is 2.69. The lowest BCUT2D eigenvalue weighted by Crippen LogP contribution is -2.46. The second-order valence-corrected chi connectivity index (χ2v) is 4.16. The third-order valence-corrected chi connectivity index (χ3v) is 2.72. The third kappa shape index (κ3) is 3.06. The van der Waals surface area contributed by atoms with E-state index in [0.29, 0.717) is 12.2 Å². The predicted molar refractivity (Wildman–Crippen MR) is 59.1 cm³/mol. The van der Waals surface area contributed by atoms with Crippen LogP contribution in [-0.4, -0.2) is 28.3 Å². The number of carbonyl (C=O) groups is 1. The lowest BCUT2D eigenvalue weighted by atomic mass is 9.95. The Kier molecular flexibility index (Phi) is 4.06. The normalized spacial score (nSPS) is 14.5. The highest BCUT2D eigenvalue weighted by Gasteiger charge is 2.25. The first kappa shape index (κ1) is 12.7. The molecule has 0 saturated carbocycles. The quantitative estimate of drug-likeness (QED) is 0.792. The van der Waals surface area contributed by atoms with Gasteiger partial charge in [-0.1, -0.05) is 12.1 Å². The van der Waals surface area contributed by atoms with Crippen molar-refractivity contribution in [2.75, 3.05) is 6.61 Å². The Morgan fingerprint density at radius 1 is 1.69 bits per heavy atom. The number of amides is 1. The number of nitrogens with one attached hydrogen (secondary N) is 1. The largest absolute Gasteiger partial charge is 0.396 e. The minimum Gasteiger partial charge on any atom is -0.396 e. The predicted octanol–water partition coefficient (Wildman–Crippen LogP) is 1.26. The molecule has 0 radical (unpaired) electrons. The van der Waals surface area contributed by atoms with Crippen LogP contribution in [0.3, 0.4) is 0 Å². The van der Waals surface area contributed by atoms with Crippen molar-refractivity contribution in [3.8, 4) is 0 Å². The number of nitrogens with zero attached hydrogens (tertiary/aromatic N) is 1. The summed E-state index contributed by atoms with van der Waals surface area (Å²) in [7, 11) is 0. The van der Waals surface area contributed by atoms with Gasteiger partial charge >= 0.3 is 0 Å². The van der Waals surface area contributed by atoms with Crippen LogP contribution in [-0.2, 0) is 0 Å². The number of hydrogen-bond donors (Lipinski definition) is 2. The maximum atomic E-state index is 11.8. The van der Waals surface area contributed by atoms with Crippen LogP contribution < -0.4 is 5.32 Å². The summed E-state index contributed by atoms with van der Waals surface area (Å²) in [5, 5.41) is 15.4. The number of aliphatic hydroxyl groups excluding tert-OH is 1. The van der Waals surface area contributed by atoms with Crippen molar-refractivity contribution in [1.29, 1.82) is 0 Å². The number of carbonyl (C=O) groups excluding carboxylic acids is 1. The summed E-state index contributed by atoms with van der Waals surface area (Å²) in [5.41, 5.74) is -0.131. The fourth-order valence-electron chi connectivity index (χ4n) is 1.39. The number of aromatic nitrogens is 1. The van der Waals surface area contributed by atoms with Crippen LogP contribution in [0.5, 0.6) is 0 Å². The molecule has 2 N–H and O–H groups in total. The topological polar surface area (TPSA) is 75.4 Å². The van der Waals surface area contributed by atoms with Gasteiger partial charge in [0.05, 0.1) is 0 Å². The lowest BCUT2D eigenvalue weighted by Gasteiger charge is -2.28. The maximum Gasteiger partial charge on any atom is 0.273 e. The summed E-state index contributed by atoms with van der Waals surface area (Å²) >= 11 is 0. The van der Waals surface area contributed by atoms with Crippen LogP contribution in [0.15, 0.2) is 10.6 Å². The summed E-state index contributed by atoms with van der Waals surface area (Å²) in [6.07, 6.45) is 1.27. The van der Waals surface area contributed by atoms with Crippen LogP contribution >= 0.6 is 0 Å². The molecule has 0 spiro atoms. The van der Waals surface area contributed by atoms with Gasteiger partial charge in [0.25, 0.3) is 5.91 Å². The van der Waals surface area contributed by atoms with Crippen molar-refractivity contribution >= 4 is 5.91 Å². The number of hydrogen-bond acceptors (Lipinski definition) is 4. The second-order valence-electron chi connectivity index (χ2n) is 4.16. The molecule has 1 amide bonds. The maximum absolute atomic E-state index is 11.8. The molecule has 0 aliphatic carbocycles. The summed E-state index contributed by atoms with van der Waals surface area (Å²) in [6.45, 7) is 5.64. The highest BCUT2D eigenvalue weighted by atomic mass is 16.5. The van der Waals surface area contributed by atoms with Crippen LogP contribution in [0.1, 0.15) is 42.9 Å². The van der Waals surface area contributed by atoms with Crippen LogP contribution in [0.25, 0.3) is 0 Å². The van der Waals surface area contributed by atoms with Gasteiger partial charge in [-0.05, 0) is 26.7 Å². The number of rotatable bonds is 5. The molecular formula is C11H18N2O3. The molecule has 5 nitrogen and oxygen atoms in total. The van der Waals surface area contributed by atoms with Crippen LogP contribution in [0.4, 0.5) is 0 Å². The summed E-state index contributed by atoms with van der Waals surface area (Å²) < 4.78 is 4.83. The minimum absolute atomic E-state index is 0.0441. The van der Waals surface area contributed by atoms with Gasteiger partial charge in [0, 0.05) is 18.2 Å². The van der Waals surface area contributed by atoms with E-state index in [2.05, 4.69) is 10.5 Å². The zero-order valence-electron chi connectivity index (χ0n) is 9.91. The molecule has 1 rings (SSSR count). The zero-order chi connectivity index (χ0) is 12.2. The van der Waals surface area contributed by atoms with Crippen LogP contribution in [0, 0.1) is 6.92 Å².